The molecule has 1 fully saturated rings. The predicted octanol–water partition coefficient (Wildman–Crippen LogP) is -0.356. The number of piperidine rings is 1. The summed E-state index contributed by atoms with van der Waals surface area (Å²) in [5, 5.41) is 17.8. The molecule has 6 heteroatoms. The van der Waals surface area contributed by atoms with Crippen LogP contribution in [0.1, 0.15) is 12.8 Å². The zero-order valence-corrected chi connectivity index (χ0v) is 9.13. The molecule has 0 radical (unpaired) electrons. The number of carboxylic acids is 2. The summed E-state index contributed by atoms with van der Waals surface area (Å²) >= 11 is 0. The molecule has 0 aromatic carbocycles. The monoisotopic (exact) mass is 239 g/mol. The number of carboxylic acid groups (broad SMARTS) is 2. The van der Waals surface area contributed by atoms with Crippen LogP contribution < -0.4 is 0 Å². The highest BCUT2D eigenvalue weighted by Crippen LogP contribution is 2.24. The largest absolute Gasteiger partial charge is 0.481 e. The van der Waals surface area contributed by atoms with Crippen LogP contribution in [0.2, 0.25) is 0 Å². The van der Waals surface area contributed by atoms with Crippen LogP contribution in [0.3, 0.4) is 0 Å². The summed E-state index contributed by atoms with van der Waals surface area (Å²) in [5.41, 5.74) is 0. The summed E-state index contributed by atoms with van der Waals surface area (Å²) < 4.78 is 0. The van der Waals surface area contributed by atoms with Crippen LogP contribution in [-0.4, -0.2) is 46.0 Å². The molecule has 1 amide bonds. The molecule has 17 heavy (non-hydrogen) atoms. The van der Waals surface area contributed by atoms with Gasteiger partial charge in [-0.05, 0) is 6.42 Å². The van der Waals surface area contributed by atoms with E-state index in [0.29, 0.717) is 0 Å². The Bertz CT molecular complexity index is 384. The maximum absolute atomic E-state index is 11.5. The molecule has 0 aliphatic carbocycles. The van der Waals surface area contributed by atoms with Crippen LogP contribution in [0.5, 0.6) is 0 Å². The van der Waals surface area contributed by atoms with Gasteiger partial charge in [-0.15, -0.1) is 6.42 Å². The lowest BCUT2D eigenvalue weighted by molar-refractivity contribution is -0.159. The van der Waals surface area contributed by atoms with E-state index in [1.54, 1.807) is 0 Å². The Morgan fingerprint density at radius 1 is 1.24 bits per heavy atom. The van der Waals surface area contributed by atoms with Crippen molar-refractivity contribution in [3.63, 3.8) is 0 Å². The number of amides is 1. The first-order chi connectivity index (χ1) is 7.97. The van der Waals surface area contributed by atoms with Gasteiger partial charge in [0, 0.05) is 13.1 Å². The molecular formula is C11H13NO5. The topological polar surface area (TPSA) is 94.9 Å². The van der Waals surface area contributed by atoms with E-state index in [-0.39, 0.29) is 31.8 Å². The first-order valence-corrected chi connectivity index (χ1v) is 5.14. The molecular weight excluding hydrogens is 226 g/mol. The molecule has 2 atom stereocenters. The van der Waals surface area contributed by atoms with Gasteiger partial charge in [0.1, 0.15) is 0 Å². The van der Waals surface area contributed by atoms with Crippen molar-refractivity contribution in [2.75, 3.05) is 13.1 Å². The normalized spacial score (nSPS) is 23.8. The smallest absolute Gasteiger partial charge is 0.309 e. The second-order valence-corrected chi connectivity index (χ2v) is 3.90. The quantitative estimate of drug-likeness (QED) is 0.656. The van der Waals surface area contributed by atoms with Crippen molar-refractivity contribution in [2.45, 2.75) is 12.8 Å². The highest BCUT2D eigenvalue weighted by Gasteiger charge is 2.39. The minimum absolute atomic E-state index is 0.0905. The standard InChI is InChI=1S/C11H13NO5/c1-2-3-9(13)12-5-4-7(10(14)15)8(6-12)11(16)17/h1,7-8H,3-6H2,(H,14,15)(H,16,17). The Morgan fingerprint density at radius 2 is 1.82 bits per heavy atom. The fourth-order valence-corrected chi connectivity index (χ4v) is 1.92. The number of hydrogen-bond acceptors (Lipinski definition) is 3. The third kappa shape index (κ3) is 2.97. The van der Waals surface area contributed by atoms with E-state index in [1.807, 2.05) is 0 Å². The van der Waals surface area contributed by atoms with Crippen molar-refractivity contribution in [1.82, 2.24) is 4.90 Å². The van der Waals surface area contributed by atoms with Crippen LogP contribution in [0.25, 0.3) is 0 Å². The summed E-state index contributed by atoms with van der Waals surface area (Å²) in [7, 11) is 0. The molecule has 0 bridgehead atoms. The molecule has 1 aliphatic heterocycles. The van der Waals surface area contributed by atoms with Crippen molar-refractivity contribution in [3.05, 3.63) is 0 Å². The Morgan fingerprint density at radius 3 is 2.29 bits per heavy atom. The van der Waals surface area contributed by atoms with E-state index < -0.39 is 23.8 Å². The fourth-order valence-electron chi connectivity index (χ4n) is 1.92. The number of likely N-dealkylation sites (tertiary alicyclic amines) is 1. The lowest BCUT2D eigenvalue weighted by Crippen LogP contribution is -2.48. The van der Waals surface area contributed by atoms with Crippen LogP contribution in [0.15, 0.2) is 0 Å². The molecule has 0 aromatic rings. The zero-order valence-electron chi connectivity index (χ0n) is 9.13. The number of terminal acetylenes is 1. The van der Waals surface area contributed by atoms with Gasteiger partial charge in [0.2, 0.25) is 5.91 Å². The molecule has 1 aliphatic rings. The molecule has 0 aromatic heterocycles. The average molecular weight is 239 g/mol. The summed E-state index contributed by atoms with van der Waals surface area (Å²) in [4.78, 5) is 34.6. The third-order valence-corrected chi connectivity index (χ3v) is 2.85. The van der Waals surface area contributed by atoms with Crippen molar-refractivity contribution in [2.24, 2.45) is 11.8 Å². The van der Waals surface area contributed by atoms with Gasteiger partial charge in [-0.2, -0.15) is 0 Å². The highest BCUT2D eigenvalue weighted by atomic mass is 16.4. The van der Waals surface area contributed by atoms with Crippen LogP contribution in [0.4, 0.5) is 0 Å². The van der Waals surface area contributed by atoms with E-state index in [9.17, 15) is 14.4 Å². The van der Waals surface area contributed by atoms with Crippen molar-refractivity contribution in [3.8, 4) is 12.3 Å². The van der Waals surface area contributed by atoms with Gasteiger partial charge < -0.3 is 15.1 Å². The number of hydrogen-bond donors (Lipinski definition) is 2. The molecule has 0 saturated carbocycles. The molecule has 0 spiro atoms. The van der Waals surface area contributed by atoms with Crippen molar-refractivity contribution >= 4 is 17.8 Å². The van der Waals surface area contributed by atoms with Crippen molar-refractivity contribution < 1.29 is 24.6 Å². The van der Waals surface area contributed by atoms with Gasteiger partial charge in [0.15, 0.2) is 0 Å². The second kappa shape index (κ2) is 5.34. The van der Waals surface area contributed by atoms with Gasteiger partial charge in [-0.25, -0.2) is 0 Å². The maximum Gasteiger partial charge on any atom is 0.309 e. The predicted molar refractivity (Wildman–Crippen MR) is 56.9 cm³/mol. The summed E-state index contributed by atoms with van der Waals surface area (Å²) in [6, 6.07) is 0. The minimum atomic E-state index is -1.20. The first kappa shape index (κ1) is 13.0. The van der Waals surface area contributed by atoms with E-state index in [2.05, 4.69) is 5.92 Å². The van der Waals surface area contributed by atoms with Crippen LogP contribution in [-0.2, 0) is 14.4 Å². The Balaban J connectivity index is 2.76. The number of nitrogens with zero attached hydrogens (tertiary/aromatic N) is 1. The van der Waals surface area contributed by atoms with E-state index >= 15 is 0 Å². The Kier molecular flexibility index (Phi) is 4.10. The Hall–Kier alpha value is -2.03. The van der Waals surface area contributed by atoms with Crippen LogP contribution in [0, 0.1) is 24.2 Å². The number of carbonyl (C=O) groups is 3. The summed E-state index contributed by atoms with van der Waals surface area (Å²) in [6.45, 7) is 0.147. The van der Waals surface area contributed by atoms with Gasteiger partial charge in [0.05, 0.1) is 18.3 Å². The number of rotatable bonds is 3. The minimum Gasteiger partial charge on any atom is -0.481 e. The molecule has 1 rings (SSSR count). The lowest BCUT2D eigenvalue weighted by atomic mass is 9.85. The first-order valence-electron chi connectivity index (χ1n) is 5.14. The Labute approximate surface area is 98.2 Å². The summed E-state index contributed by atoms with van der Waals surface area (Å²) in [6.07, 6.45) is 5.05. The SMILES string of the molecule is C#CCC(=O)N1CCC(C(=O)O)C(C(=O)O)C1. The average Bonchev–Trinajstić information content (AvgIpc) is 2.28. The zero-order chi connectivity index (χ0) is 13.0. The molecule has 2 N–H and O–H groups in total. The lowest BCUT2D eigenvalue weighted by Gasteiger charge is -2.34. The van der Waals surface area contributed by atoms with Gasteiger partial charge in [-0.1, -0.05) is 5.92 Å². The number of aliphatic carboxylic acids is 2. The fraction of sp³-hybridized carbons (Fsp3) is 0.545. The highest BCUT2D eigenvalue weighted by molar-refractivity contribution is 5.83. The van der Waals surface area contributed by atoms with Gasteiger partial charge in [-0.3, -0.25) is 14.4 Å². The van der Waals surface area contributed by atoms with Gasteiger partial charge in [0.25, 0.3) is 0 Å². The molecule has 1 saturated heterocycles. The van der Waals surface area contributed by atoms with E-state index in [1.165, 1.54) is 4.90 Å². The molecule has 2 unspecified atom stereocenters. The molecule has 1 heterocycles. The second-order valence-electron chi connectivity index (χ2n) is 3.90. The maximum atomic E-state index is 11.5. The van der Waals surface area contributed by atoms with Crippen LogP contribution >= 0.6 is 0 Å². The van der Waals surface area contributed by atoms with E-state index in [0.717, 1.165) is 0 Å². The molecule has 6 nitrogen and oxygen atoms in total. The summed E-state index contributed by atoms with van der Waals surface area (Å²) in [5.74, 6) is -2.49. The van der Waals surface area contributed by atoms with Crippen molar-refractivity contribution in [1.29, 1.82) is 0 Å². The molecule has 92 valence electrons. The third-order valence-electron chi connectivity index (χ3n) is 2.85. The van der Waals surface area contributed by atoms with E-state index in [4.69, 9.17) is 16.6 Å². The number of carbonyl (C=O) groups excluding carboxylic acids is 1. The van der Waals surface area contributed by atoms with Gasteiger partial charge >= 0.3 is 11.9 Å².